The molecular formula is C40H64N6O20. The van der Waals surface area contributed by atoms with E-state index in [1.165, 1.54) is 13.8 Å². The van der Waals surface area contributed by atoms with Crippen LogP contribution in [0.1, 0.15) is 68.2 Å². The van der Waals surface area contributed by atoms with Crippen molar-refractivity contribution in [1.82, 2.24) is 26.2 Å². The van der Waals surface area contributed by atoms with Gasteiger partial charge in [-0.25, -0.2) is 0 Å². The summed E-state index contributed by atoms with van der Waals surface area (Å²) in [6.45, 7) is 7.83. The van der Waals surface area contributed by atoms with Crippen LogP contribution in [0.2, 0.25) is 0 Å². The van der Waals surface area contributed by atoms with E-state index in [4.69, 9.17) is 53.1 Å². The molecule has 0 saturated carbocycles. The van der Waals surface area contributed by atoms with E-state index in [1.807, 2.05) is 0 Å². The molecule has 4 amide bonds. The van der Waals surface area contributed by atoms with Gasteiger partial charge in [-0.05, 0) is 25.9 Å². The highest BCUT2D eigenvalue weighted by Gasteiger charge is 2.52. The maximum Gasteiger partial charge on any atom is 0.303 e. The number of unbranched alkanes of at least 4 members (excludes halogenated alkanes) is 1. The highest BCUT2D eigenvalue weighted by molar-refractivity contribution is 5.81. The average molecular weight is 949 g/mol. The third-order valence-electron chi connectivity index (χ3n) is 9.22. The minimum Gasteiger partial charge on any atom is -0.463 e. The number of amides is 4. The van der Waals surface area contributed by atoms with Gasteiger partial charge in [0, 0.05) is 68.5 Å². The zero-order valence-corrected chi connectivity index (χ0v) is 38.4. The molecule has 10 atom stereocenters. The largest absolute Gasteiger partial charge is 0.463 e. The number of nitrogens with one attached hydrogen (secondary N) is 4. The summed E-state index contributed by atoms with van der Waals surface area (Å²) in [6.07, 6.45) is -9.24. The fraction of sp³-hybridized carbons (Fsp3) is 0.750. The van der Waals surface area contributed by atoms with Gasteiger partial charge >= 0.3 is 35.8 Å². The van der Waals surface area contributed by atoms with Gasteiger partial charge in [-0.3, -0.25) is 52.8 Å². The van der Waals surface area contributed by atoms with Crippen molar-refractivity contribution in [3.8, 4) is 0 Å². The average Bonchev–Trinajstić information content (AvgIpc) is 3.19. The lowest BCUT2D eigenvalue weighted by atomic mass is 9.96. The number of hydrogen-bond donors (Lipinski definition) is 5. The van der Waals surface area contributed by atoms with E-state index in [9.17, 15) is 47.9 Å². The maximum absolute atomic E-state index is 13.1. The van der Waals surface area contributed by atoms with Crippen LogP contribution in [0.15, 0.2) is 0 Å². The Balaban J connectivity index is 2.09. The molecule has 0 aromatic carbocycles. The third-order valence-corrected chi connectivity index (χ3v) is 9.22. The zero-order valence-electron chi connectivity index (χ0n) is 38.4. The summed E-state index contributed by atoms with van der Waals surface area (Å²) in [4.78, 5) is 124. The molecule has 26 heteroatoms. The second-order valence-corrected chi connectivity index (χ2v) is 15.1. The Labute approximate surface area is 381 Å². The monoisotopic (exact) mass is 948 g/mol. The van der Waals surface area contributed by atoms with Crippen molar-refractivity contribution in [2.75, 3.05) is 65.7 Å². The summed E-state index contributed by atoms with van der Waals surface area (Å²) in [6, 6.07) is -2.42. The predicted octanol–water partition coefficient (Wildman–Crippen LogP) is -3.39. The number of ether oxygens (including phenoxy) is 10. The summed E-state index contributed by atoms with van der Waals surface area (Å²) in [7, 11) is 0. The lowest BCUT2D eigenvalue weighted by molar-refractivity contribution is -0.277. The van der Waals surface area contributed by atoms with Crippen LogP contribution < -0.4 is 27.0 Å². The van der Waals surface area contributed by atoms with E-state index >= 15 is 0 Å². The van der Waals surface area contributed by atoms with Gasteiger partial charge in [0.2, 0.25) is 23.6 Å². The molecule has 2 fully saturated rings. The summed E-state index contributed by atoms with van der Waals surface area (Å²) in [5.41, 5.74) is 5.67. The summed E-state index contributed by atoms with van der Waals surface area (Å²) < 4.78 is 55.5. The minimum absolute atomic E-state index is 0.101. The third kappa shape index (κ3) is 21.2. The van der Waals surface area contributed by atoms with Crippen LogP contribution in [-0.2, 0) is 95.3 Å². The van der Waals surface area contributed by atoms with Crippen molar-refractivity contribution in [3.63, 3.8) is 0 Å². The van der Waals surface area contributed by atoms with E-state index in [0.717, 1.165) is 41.5 Å². The van der Waals surface area contributed by atoms with E-state index < -0.39 is 134 Å². The van der Waals surface area contributed by atoms with Gasteiger partial charge in [0.1, 0.15) is 37.5 Å². The van der Waals surface area contributed by atoms with Crippen LogP contribution in [-0.4, -0.2) is 191 Å². The highest BCUT2D eigenvalue weighted by Crippen LogP contribution is 2.29. The molecular weight excluding hydrogens is 884 g/mol. The normalized spacial score (nSPS) is 24.7. The van der Waals surface area contributed by atoms with E-state index in [2.05, 4.69) is 21.3 Å². The number of rotatable bonds is 26. The topological polar surface area (TPSA) is 340 Å². The van der Waals surface area contributed by atoms with Crippen molar-refractivity contribution in [3.05, 3.63) is 0 Å². The van der Waals surface area contributed by atoms with Crippen molar-refractivity contribution in [2.45, 2.75) is 130 Å². The Kier molecular flexibility index (Phi) is 25.0. The molecule has 66 heavy (non-hydrogen) atoms. The lowest BCUT2D eigenvalue weighted by Crippen LogP contribution is -2.66. The number of esters is 6. The van der Waals surface area contributed by atoms with Crippen LogP contribution >= 0.6 is 0 Å². The Morgan fingerprint density at radius 3 is 1.20 bits per heavy atom. The molecule has 2 rings (SSSR count). The van der Waals surface area contributed by atoms with Crippen LogP contribution in [0.5, 0.6) is 0 Å². The van der Waals surface area contributed by atoms with Gasteiger partial charge in [-0.15, -0.1) is 0 Å². The number of carbonyl (C=O) groups excluding carboxylic acids is 10. The maximum atomic E-state index is 13.1. The van der Waals surface area contributed by atoms with Crippen LogP contribution in [0.25, 0.3) is 0 Å². The molecule has 374 valence electrons. The summed E-state index contributed by atoms with van der Waals surface area (Å²) in [5.74, 6) is -6.60. The van der Waals surface area contributed by atoms with Crippen molar-refractivity contribution in [1.29, 1.82) is 0 Å². The van der Waals surface area contributed by atoms with Gasteiger partial charge in [0.15, 0.2) is 37.0 Å². The van der Waals surface area contributed by atoms with Crippen LogP contribution in [0.3, 0.4) is 0 Å². The molecule has 2 aliphatic rings. The van der Waals surface area contributed by atoms with Crippen molar-refractivity contribution >= 4 is 59.4 Å². The number of carbonyl (C=O) groups is 10. The zero-order chi connectivity index (χ0) is 49.5. The standard InChI is InChI=1S/C40H64N6O20/c1-21(47)44-33-37(63-27(7)53)35(61-25(5)51)29(19-59-23(3)49)65-39(33)57-15-12-42-31(55)17-46(14-10-9-11-41)18-32(56)43-13-16-58-40-34(45-22(2)48)38(64-28(8)54)36(62-26(6)52)30(66-40)20-60-24(4)50/h29-30,33-40H,9-20,41H2,1-8H3,(H,42,55)(H,43,56)(H,44,47)(H,45,48)/t29-,30-,33-,34-,35+,36+,37-,38-,39+,40+/m1/s1. The molecule has 0 bridgehead atoms. The molecule has 2 aliphatic heterocycles. The van der Waals surface area contributed by atoms with Crippen LogP contribution in [0.4, 0.5) is 0 Å². The molecule has 0 spiro atoms. The second-order valence-electron chi connectivity index (χ2n) is 15.1. The molecule has 2 heterocycles. The first-order valence-corrected chi connectivity index (χ1v) is 21.1. The first kappa shape index (κ1) is 56.6. The molecule has 6 N–H and O–H groups in total. The SMILES string of the molecule is CC(=O)N[C@H]1[C@@H](OCCNC(=O)CN(CCCCN)CC(=O)NCCO[C@H]2O[C@H](COC(C)=O)[C@H](OC(C)=O)[C@H](OC(C)=O)[C@H]2NC(C)=O)O[C@H](COC(C)=O)[C@H](OC(C)=O)[C@@H]1OC(C)=O. The van der Waals surface area contributed by atoms with Gasteiger partial charge in [-0.2, -0.15) is 0 Å². The Hall–Kier alpha value is -5.54. The number of nitrogens with two attached hydrogens (primary N) is 1. The molecule has 26 nitrogen and oxygen atoms in total. The van der Waals surface area contributed by atoms with Crippen molar-refractivity contribution in [2.24, 2.45) is 5.73 Å². The summed E-state index contributed by atoms with van der Waals surface area (Å²) >= 11 is 0. The lowest BCUT2D eigenvalue weighted by Gasteiger charge is -2.44. The molecule has 2 saturated heterocycles. The minimum atomic E-state index is -1.35. The molecule has 0 aromatic rings. The van der Waals surface area contributed by atoms with E-state index in [1.54, 1.807) is 4.90 Å². The number of hydrogen-bond acceptors (Lipinski definition) is 22. The second kappa shape index (κ2) is 29.2. The molecule has 0 aromatic heterocycles. The van der Waals surface area contributed by atoms with Gasteiger partial charge < -0.3 is 74.4 Å². The first-order chi connectivity index (χ1) is 31.1. The fourth-order valence-electron chi connectivity index (χ4n) is 6.81. The Morgan fingerprint density at radius 1 is 0.515 bits per heavy atom. The Morgan fingerprint density at radius 2 is 0.879 bits per heavy atom. The quantitative estimate of drug-likeness (QED) is 0.0321. The fourth-order valence-corrected chi connectivity index (χ4v) is 6.81. The van der Waals surface area contributed by atoms with E-state index in [-0.39, 0.29) is 39.4 Å². The molecule has 0 radical (unpaired) electrons. The van der Waals surface area contributed by atoms with Gasteiger partial charge in [0.25, 0.3) is 0 Å². The highest BCUT2D eigenvalue weighted by atomic mass is 16.7. The number of nitrogens with zero attached hydrogens (tertiary/aromatic N) is 1. The van der Waals surface area contributed by atoms with Crippen molar-refractivity contribution < 1.29 is 95.3 Å². The van der Waals surface area contributed by atoms with Gasteiger partial charge in [-0.1, -0.05) is 0 Å². The summed E-state index contributed by atoms with van der Waals surface area (Å²) in [5, 5.41) is 10.5. The van der Waals surface area contributed by atoms with Gasteiger partial charge in [0.05, 0.1) is 26.3 Å². The molecule has 0 aliphatic carbocycles. The first-order valence-electron chi connectivity index (χ1n) is 21.1. The smallest absolute Gasteiger partial charge is 0.303 e. The predicted molar refractivity (Wildman–Crippen MR) is 221 cm³/mol. The molecule has 0 unspecified atom stereocenters. The van der Waals surface area contributed by atoms with E-state index in [0.29, 0.717) is 25.9 Å². The Bertz CT molecular complexity index is 1570. The van der Waals surface area contributed by atoms with Crippen LogP contribution in [0, 0.1) is 0 Å².